The van der Waals surface area contributed by atoms with Gasteiger partial charge in [0.05, 0.1) is 5.69 Å². The molecule has 2 heterocycles. The molecule has 0 bridgehead atoms. The van der Waals surface area contributed by atoms with E-state index in [1.165, 1.54) is 12.8 Å². The second-order valence-electron chi connectivity index (χ2n) is 8.11. The van der Waals surface area contributed by atoms with E-state index in [4.69, 9.17) is 23.2 Å². The summed E-state index contributed by atoms with van der Waals surface area (Å²) in [6, 6.07) is 14.9. The number of halogens is 2. The molecule has 3 aromatic rings. The van der Waals surface area contributed by atoms with E-state index in [2.05, 4.69) is 25.5 Å². The third kappa shape index (κ3) is 6.90. The van der Waals surface area contributed by atoms with Crippen LogP contribution in [0, 0.1) is 0 Å². The SMILES string of the molecule is O=C(NCCN1CCCC1)c1cccc(-c2ccnc(NCCc3cc(Cl)cc(Cl)c3)n2)c1. The maximum Gasteiger partial charge on any atom is 0.251 e. The molecule has 6 nitrogen and oxygen atoms in total. The van der Waals surface area contributed by atoms with Gasteiger partial charge in [0.1, 0.15) is 0 Å². The standard InChI is InChI=1S/C25H27Cl2N5O/c26-21-14-18(15-22(27)17-21)6-8-29-25-30-9-7-23(31-25)19-4-3-5-20(16-19)24(33)28-10-13-32-11-1-2-12-32/h3-5,7,9,14-17H,1-2,6,8,10-13H2,(H,28,33)(H,29,30,31). The van der Waals surface area contributed by atoms with Crippen LogP contribution in [0.1, 0.15) is 28.8 Å². The molecule has 4 rings (SSSR count). The summed E-state index contributed by atoms with van der Waals surface area (Å²) in [5, 5.41) is 7.51. The first-order valence-electron chi connectivity index (χ1n) is 11.2. The van der Waals surface area contributed by atoms with Gasteiger partial charge in [-0.15, -0.1) is 0 Å². The van der Waals surface area contributed by atoms with Gasteiger partial charge in [0.15, 0.2) is 0 Å². The predicted octanol–water partition coefficient (Wildman–Crippen LogP) is 4.93. The van der Waals surface area contributed by atoms with Crippen LogP contribution in [-0.4, -0.2) is 53.5 Å². The first kappa shape index (κ1) is 23.5. The van der Waals surface area contributed by atoms with Gasteiger partial charge in [0.2, 0.25) is 5.95 Å². The summed E-state index contributed by atoms with van der Waals surface area (Å²) in [6.07, 6.45) is 4.95. The van der Waals surface area contributed by atoms with Crippen LogP contribution in [0.5, 0.6) is 0 Å². The van der Waals surface area contributed by atoms with Crippen molar-refractivity contribution in [2.45, 2.75) is 19.3 Å². The van der Waals surface area contributed by atoms with Crippen LogP contribution < -0.4 is 10.6 Å². The maximum absolute atomic E-state index is 12.6. The minimum Gasteiger partial charge on any atom is -0.354 e. The molecule has 1 amide bonds. The number of nitrogens with one attached hydrogen (secondary N) is 2. The Kier molecular flexibility index (Phi) is 8.15. The number of amides is 1. The van der Waals surface area contributed by atoms with Gasteiger partial charge in [-0.2, -0.15) is 0 Å². The van der Waals surface area contributed by atoms with Crippen LogP contribution >= 0.6 is 23.2 Å². The Hall–Kier alpha value is -2.67. The first-order chi connectivity index (χ1) is 16.1. The zero-order chi connectivity index (χ0) is 23.0. The van der Waals surface area contributed by atoms with E-state index >= 15 is 0 Å². The molecule has 0 aliphatic carbocycles. The van der Waals surface area contributed by atoms with Gasteiger partial charge in [-0.25, -0.2) is 9.97 Å². The molecule has 2 N–H and O–H groups in total. The van der Waals surface area contributed by atoms with Crippen LogP contribution in [-0.2, 0) is 6.42 Å². The lowest BCUT2D eigenvalue weighted by Crippen LogP contribution is -2.33. The maximum atomic E-state index is 12.6. The molecule has 1 saturated heterocycles. The van der Waals surface area contributed by atoms with Crippen molar-refractivity contribution < 1.29 is 4.79 Å². The quantitative estimate of drug-likeness (QED) is 0.451. The number of anilines is 1. The van der Waals surface area contributed by atoms with Gasteiger partial charge in [-0.1, -0.05) is 35.3 Å². The van der Waals surface area contributed by atoms with E-state index in [-0.39, 0.29) is 5.91 Å². The van der Waals surface area contributed by atoms with E-state index in [0.717, 1.165) is 42.9 Å². The van der Waals surface area contributed by atoms with Crippen molar-refractivity contribution in [1.29, 1.82) is 0 Å². The number of benzene rings is 2. The average Bonchev–Trinajstić information content (AvgIpc) is 3.32. The highest BCUT2D eigenvalue weighted by Crippen LogP contribution is 2.21. The summed E-state index contributed by atoms with van der Waals surface area (Å²) < 4.78 is 0. The number of nitrogens with zero attached hydrogens (tertiary/aromatic N) is 3. The third-order valence-electron chi connectivity index (χ3n) is 5.61. The van der Waals surface area contributed by atoms with Crippen molar-refractivity contribution in [2.24, 2.45) is 0 Å². The molecule has 8 heteroatoms. The van der Waals surface area contributed by atoms with Crippen LogP contribution in [0.4, 0.5) is 5.95 Å². The normalized spacial score (nSPS) is 13.8. The van der Waals surface area contributed by atoms with Crippen molar-refractivity contribution in [3.8, 4) is 11.3 Å². The molecular weight excluding hydrogens is 457 g/mol. The van der Waals surface area contributed by atoms with Crippen LogP contribution in [0.2, 0.25) is 10.0 Å². The highest BCUT2D eigenvalue weighted by Gasteiger charge is 2.12. The van der Waals surface area contributed by atoms with E-state index in [0.29, 0.717) is 34.6 Å². The lowest BCUT2D eigenvalue weighted by Gasteiger charge is -2.14. The van der Waals surface area contributed by atoms with Gasteiger partial charge < -0.3 is 15.5 Å². The number of hydrogen-bond donors (Lipinski definition) is 2. The summed E-state index contributed by atoms with van der Waals surface area (Å²) in [5.41, 5.74) is 3.29. The Balaban J connectivity index is 1.34. The number of rotatable bonds is 9. The van der Waals surface area contributed by atoms with Gasteiger partial charge >= 0.3 is 0 Å². The van der Waals surface area contributed by atoms with Gasteiger partial charge in [0, 0.05) is 47.0 Å². The number of carbonyl (C=O) groups excluding carboxylic acids is 1. The molecule has 0 unspecified atom stereocenters. The summed E-state index contributed by atoms with van der Waals surface area (Å²) >= 11 is 12.1. The topological polar surface area (TPSA) is 70.2 Å². The summed E-state index contributed by atoms with van der Waals surface area (Å²) in [7, 11) is 0. The third-order valence-corrected chi connectivity index (χ3v) is 6.04. The van der Waals surface area contributed by atoms with Crippen molar-refractivity contribution in [3.05, 3.63) is 75.9 Å². The number of hydrogen-bond acceptors (Lipinski definition) is 5. The summed E-state index contributed by atoms with van der Waals surface area (Å²) in [6.45, 7) is 4.44. The number of likely N-dealkylation sites (tertiary alicyclic amines) is 1. The lowest BCUT2D eigenvalue weighted by atomic mass is 10.1. The summed E-state index contributed by atoms with van der Waals surface area (Å²) in [5.74, 6) is 0.463. The van der Waals surface area contributed by atoms with Gasteiger partial charge in [-0.3, -0.25) is 4.79 Å². The van der Waals surface area contributed by atoms with E-state index in [9.17, 15) is 4.79 Å². The van der Waals surface area contributed by atoms with Crippen molar-refractivity contribution in [2.75, 3.05) is 38.0 Å². The average molecular weight is 484 g/mol. The van der Waals surface area contributed by atoms with E-state index in [1.54, 1.807) is 12.3 Å². The molecule has 1 aromatic heterocycles. The summed E-state index contributed by atoms with van der Waals surface area (Å²) in [4.78, 5) is 23.9. The molecule has 1 aliphatic heterocycles. The molecule has 0 atom stereocenters. The largest absolute Gasteiger partial charge is 0.354 e. The van der Waals surface area contributed by atoms with Crippen molar-refractivity contribution in [1.82, 2.24) is 20.2 Å². The zero-order valence-electron chi connectivity index (χ0n) is 18.4. The van der Waals surface area contributed by atoms with E-state index < -0.39 is 0 Å². The molecule has 0 spiro atoms. The fourth-order valence-corrected chi connectivity index (χ4v) is 4.51. The molecule has 172 valence electrons. The van der Waals surface area contributed by atoms with E-state index in [1.807, 2.05) is 42.5 Å². The van der Waals surface area contributed by atoms with Crippen molar-refractivity contribution in [3.63, 3.8) is 0 Å². The molecule has 0 saturated carbocycles. The van der Waals surface area contributed by atoms with Gasteiger partial charge in [-0.05, 0) is 74.3 Å². The Morgan fingerprint density at radius 2 is 1.79 bits per heavy atom. The van der Waals surface area contributed by atoms with Crippen LogP contribution in [0.15, 0.2) is 54.7 Å². The Bertz CT molecular complexity index is 1080. The molecule has 0 radical (unpaired) electrons. The Morgan fingerprint density at radius 3 is 2.58 bits per heavy atom. The Morgan fingerprint density at radius 1 is 1.00 bits per heavy atom. The molecule has 1 fully saturated rings. The second-order valence-corrected chi connectivity index (χ2v) is 8.98. The highest BCUT2D eigenvalue weighted by molar-refractivity contribution is 6.34. The fraction of sp³-hybridized carbons (Fsp3) is 0.320. The van der Waals surface area contributed by atoms with Crippen molar-refractivity contribution >= 4 is 35.1 Å². The van der Waals surface area contributed by atoms with Crippen LogP contribution in [0.25, 0.3) is 11.3 Å². The second kappa shape index (κ2) is 11.5. The van der Waals surface area contributed by atoms with Crippen LogP contribution in [0.3, 0.4) is 0 Å². The predicted molar refractivity (Wildman–Crippen MR) is 134 cm³/mol. The first-order valence-corrected chi connectivity index (χ1v) is 12.0. The molecular formula is C25H27Cl2N5O. The molecule has 1 aliphatic rings. The minimum atomic E-state index is -0.0661. The smallest absolute Gasteiger partial charge is 0.251 e. The van der Waals surface area contributed by atoms with Gasteiger partial charge in [0.25, 0.3) is 5.91 Å². The molecule has 2 aromatic carbocycles. The number of aromatic nitrogens is 2. The highest BCUT2D eigenvalue weighted by atomic mass is 35.5. The molecule has 33 heavy (non-hydrogen) atoms. The lowest BCUT2D eigenvalue weighted by molar-refractivity contribution is 0.0950. The zero-order valence-corrected chi connectivity index (χ0v) is 19.9. The monoisotopic (exact) mass is 483 g/mol. The Labute approximate surface area is 204 Å². The minimum absolute atomic E-state index is 0.0661. The fourth-order valence-electron chi connectivity index (χ4n) is 3.93. The number of carbonyl (C=O) groups is 1.